The van der Waals surface area contributed by atoms with E-state index >= 15 is 0 Å². The van der Waals surface area contributed by atoms with E-state index in [0.717, 1.165) is 35.7 Å². The molecule has 0 spiro atoms. The Morgan fingerprint density at radius 3 is 2.76 bits per heavy atom. The fourth-order valence-corrected chi connectivity index (χ4v) is 4.53. The SMILES string of the molecule is CC(=O)N1CCc2ccccc2C1CC(=O)Nc1ccc2nc(-c3cc(F)ccc3F)[nH]c2c1. The van der Waals surface area contributed by atoms with E-state index in [2.05, 4.69) is 15.3 Å². The van der Waals surface area contributed by atoms with Gasteiger partial charge in [-0.05, 0) is 53.9 Å². The smallest absolute Gasteiger partial charge is 0.226 e. The summed E-state index contributed by atoms with van der Waals surface area (Å²) in [5.41, 5.74) is 3.83. The fraction of sp³-hybridized carbons (Fsp3) is 0.192. The maximum Gasteiger partial charge on any atom is 0.226 e. The van der Waals surface area contributed by atoms with Crippen molar-refractivity contribution >= 4 is 28.5 Å². The second kappa shape index (κ2) is 8.70. The van der Waals surface area contributed by atoms with Gasteiger partial charge in [-0.25, -0.2) is 13.8 Å². The van der Waals surface area contributed by atoms with Gasteiger partial charge in [0, 0.05) is 19.2 Å². The summed E-state index contributed by atoms with van der Waals surface area (Å²) >= 11 is 0. The zero-order chi connectivity index (χ0) is 23.8. The molecular weight excluding hydrogens is 438 g/mol. The Morgan fingerprint density at radius 1 is 1.12 bits per heavy atom. The van der Waals surface area contributed by atoms with Gasteiger partial charge in [-0.2, -0.15) is 0 Å². The molecule has 1 aliphatic rings. The quantitative estimate of drug-likeness (QED) is 0.451. The highest BCUT2D eigenvalue weighted by atomic mass is 19.1. The average Bonchev–Trinajstić information content (AvgIpc) is 3.24. The number of rotatable bonds is 4. The maximum atomic E-state index is 14.1. The van der Waals surface area contributed by atoms with Gasteiger partial charge in [0.05, 0.1) is 29.1 Å². The number of halogens is 2. The van der Waals surface area contributed by atoms with Crippen LogP contribution in [0.4, 0.5) is 14.5 Å². The number of nitrogens with zero attached hydrogens (tertiary/aromatic N) is 2. The molecule has 34 heavy (non-hydrogen) atoms. The predicted octanol–water partition coefficient (Wildman–Crippen LogP) is 4.98. The van der Waals surface area contributed by atoms with Crippen LogP contribution in [0.2, 0.25) is 0 Å². The molecular formula is C26H22F2N4O2. The molecule has 5 rings (SSSR count). The first-order chi connectivity index (χ1) is 16.4. The highest BCUT2D eigenvalue weighted by Gasteiger charge is 2.30. The monoisotopic (exact) mass is 460 g/mol. The number of nitrogens with one attached hydrogen (secondary N) is 2. The summed E-state index contributed by atoms with van der Waals surface area (Å²) in [4.78, 5) is 34.2. The summed E-state index contributed by atoms with van der Waals surface area (Å²) in [6.07, 6.45) is 0.885. The zero-order valence-corrected chi connectivity index (χ0v) is 18.4. The Hall–Kier alpha value is -4.07. The normalized spacial score (nSPS) is 15.3. The fourth-order valence-electron chi connectivity index (χ4n) is 4.53. The van der Waals surface area contributed by atoms with E-state index < -0.39 is 11.6 Å². The van der Waals surface area contributed by atoms with Gasteiger partial charge < -0.3 is 15.2 Å². The number of hydrogen-bond donors (Lipinski definition) is 2. The van der Waals surface area contributed by atoms with E-state index in [0.29, 0.717) is 23.3 Å². The molecule has 0 radical (unpaired) electrons. The first-order valence-electron chi connectivity index (χ1n) is 11.0. The van der Waals surface area contributed by atoms with Crippen LogP contribution in [0, 0.1) is 11.6 Å². The molecule has 4 aromatic rings. The van der Waals surface area contributed by atoms with Crippen molar-refractivity contribution in [3.05, 3.63) is 83.4 Å². The number of aromatic amines is 1. The molecule has 0 saturated carbocycles. The van der Waals surface area contributed by atoms with Crippen molar-refractivity contribution in [1.29, 1.82) is 0 Å². The van der Waals surface area contributed by atoms with E-state index in [9.17, 15) is 18.4 Å². The maximum absolute atomic E-state index is 14.1. The van der Waals surface area contributed by atoms with E-state index in [1.54, 1.807) is 23.1 Å². The molecule has 2 amide bonds. The Labute approximate surface area is 194 Å². The summed E-state index contributed by atoms with van der Waals surface area (Å²) in [6.45, 7) is 2.09. The van der Waals surface area contributed by atoms with Gasteiger partial charge in [-0.3, -0.25) is 9.59 Å². The van der Waals surface area contributed by atoms with Gasteiger partial charge in [0.2, 0.25) is 11.8 Å². The van der Waals surface area contributed by atoms with Gasteiger partial charge >= 0.3 is 0 Å². The number of hydrogen-bond acceptors (Lipinski definition) is 3. The van der Waals surface area contributed by atoms with Crippen LogP contribution in [-0.4, -0.2) is 33.2 Å². The van der Waals surface area contributed by atoms with Gasteiger partial charge in [-0.1, -0.05) is 24.3 Å². The van der Waals surface area contributed by atoms with Crippen molar-refractivity contribution in [2.75, 3.05) is 11.9 Å². The molecule has 1 atom stereocenters. The number of carbonyl (C=O) groups excluding carboxylic acids is 2. The highest BCUT2D eigenvalue weighted by Crippen LogP contribution is 2.33. The molecule has 0 fully saturated rings. The highest BCUT2D eigenvalue weighted by molar-refractivity contribution is 5.94. The van der Waals surface area contributed by atoms with E-state index in [1.165, 1.54) is 6.92 Å². The Bertz CT molecular complexity index is 1420. The second-order valence-electron chi connectivity index (χ2n) is 8.37. The van der Waals surface area contributed by atoms with Crippen molar-refractivity contribution in [1.82, 2.24) is 14.9 Å². The van der Waals surface area contributed by atoms with Crippen LogP contribution in [0.1, 0.15) is 30.5 Å². The summed E-state index contributed by atoms with van der Waals surface area (Å²) in [6, 6.07) is 15.8. The van der Waals surface area contributed by atoms with Crippen LogP contribution in [0.5, 0.6) is 0 Å². The minimum atomic E-state index is -0.586. The molecule has 1 aliphatic heterocycles. The predicted molar refractivity (Wildman–Crippen MR) is 125 cm³/mol. The van der Waals surface area contributed by atoms with Crippen molar-refractivity contribution in [2.45, 2.75) is 25.8 Å². The van der Waals surface area contributed by atoms with E-state index in [4.69, 9.17) is 0 Å². The van der Waals surface area contributed by atoms with Crippen molar-refractivity contribution < 1.29 is 18.4 Å². The number of amides is 2. The third-order valence-electron chi connectivity index (χ3n) is 6.14. The molecule has 2 N–H and O–H groups in total. The van der Waals surface area contributed by atoms with Crippen LogP contribution in [0.3, 0.4) is 0 Å². The summed E-state index contributed by atoms with van der Waals surface area (Å²) < 4.78 is 27.7. The number of H-pyrrole nitrogens is 1. The van der Waals surface area contributed by atoms with E-state index in [-0.39, 0.29) is 35.7 Å². The summed E-state index contributed by atoms with van der Waals surface area (Å²) in [7, 11) is 0. The first kappa shape index (κ1) is 21.8. The lowest BCUT2D eigenvalue weighted by Crippen LogP contribution is -2.40. The topological polar surface area (TPSA) is 78.1 Å². The molecule has 3 aromatic carbocycles. The lowest BCUT2D eigenvalue weighted by Gasteiger charge is -2.36. The zero-order valence-electron chi connectivity index (χ0n) is 18.4. The molecule has 1 aromatic heterocycles. The molecule has 2 heterocycles. The van der Waals surface area contributed by atoms with Crippen molar-refractivity contribution in [2.24, 2.45) is 0 Å². The standard InChI is InChI=1S/C26H22F2N4O2/c1-15(33)32-11-10-16-4-2-3-5-19(16)24(32)14-25(34)29-18-7-9-22-23(13-18)31-26(30-22)20-12-17(27)6-8-21(20)28/h2-9,12-13,24H,10-11,14H2,1H3,(H,29,34)(H,30,31). The number of imidazole rings is 1. The minimum Gasteiger partial charge on any atom is -0.338 e. The molecule has 0 aliphatic carbocycles. The average molecular weight is 460 g/mol. The van der Waals surface area contributed by atoms with Crippen LogP contribution >= 0.6 is 0 Å². The molecule has 0 saturated heterocycles. The van der Waals surface area contributed by atoms with Crippen LogP contribution in [0.15, 0.2) is 60.7 Å². The third kappa shape index (κ3) is 4.14. The van der Waals surface area contributed by atoms with Gasteiger partial charge in [0.25, 0.3) is 0 Å². The second-order valence-corrected chi connectivity index (χ2v) is 8.37. The van der Waals surface area contributed by atoms with Gasteiger partial charge in [0.1, 0.15) is 17.5 Å². The largest absolute Gasteiger partial charge is 0.338 e. The molecule has 0 bridgehead atoms. The lowest BCUT2D eigenvalue weighted by molar-refractivity contribution is -0.132. The third-order valence-corrected chi connectivity index (χ3v) is 6.14. The number of benzene rings is 3. The Balaban J connectivity index is 1.37. The Morgan fingerprint density at radius 2 is 1.94 bits per heavy atom. The van der Waals surface area contributed by atoms with Crippen LogP contribution in [-0.2, 0) is 16.0 Å². The van der Waals surface area contributed by atoms with Crippen LogP contribution in [0.25, 0.3) is 22.4 Å². The number of carbonyl (C=O) groups is 2. The molecule has 1 unspecified atom stereocenters. The van der Waals surface area contributed by atoms with Gasteiger partial charge in [0.15, 0.2) is 0 Å². The van der Waals surface area contributed by atoms with Crippen molar-refractivity contribution in [3.8, 4) is 11.4 Å². The lowest BCUT2D eigenvalue weighted by atomic mass is 9.90. The first-order valence-corrected chi connectivity index (χ1v) is 11.0. The minimum absolute atomic E-state index is 0.0297. The summed E-state index contributed by atoms with van der Waals surface area (Å²) in [5.74, 6) is -1.25. The summed E-state index contributed by atoms with van der Waals surface area (Å²) in [5, 5.41) is 2.88. The molecule has 6 nitrogen and oxygen atoms in total. The van der Waals surface area contributed by atoms with E-state index in [1.807, 2.05) is 24.3 Å². The Kier molecular flexibility index (Phi) is 5.57. The number of anilines is 1. The number of fused-ring (bicyclic) bond motifs is 2. The number of aromatic nitrogens is 2. The molecule has 8 heteroatoms. The van der Waals surface area contributed by atoms with Crippen LogP contribution < -0.4 is 5.32 Å². The van der Waals surface area contributed by atoms with Gasteiger partial charge in [-0.15, -0.1) is 0 Å². The van der Waals surface area contributed by atoms with Crippen molar-refractivity contribution in [3.63, 3.8) is 0 Å². The molecule has 172 valence electrons.